The number of carbonyl (C=O) groups excluding carboxylic acids is 1. The van der Waals surface area contributed by atoms with E-state index in [0.29, 0.717) is 24.8 Å². The molecule has 174 valence electrons. The summed E-state index contributed by atoms with van der Waals surface area (Å²) in [5, 5.41) is 20.0. The summed E-state index contributed by atoms with van der Waals surface area (Å²) in [6, 6.07) is 3.44. The molecule has 0 radical (unpaired) electrons. The van der Waals surface area contributed by atoms with Gasteiger partial charge in [0.15, 0.2) is 5.96 Å². The molecule has 1 rings (SSSR count). The number of alkyl carbamates (subject to hydrolysis) is 1. The summed E-state index contributed by atoms with van der Waals surface area (Å²) in [4.78, 5) is 16.5. The molecule has 0 aliphatic carbocycles. The second kappa shape index (κ2) is 13.7. The fraction of sp³-hybridized carbons (Fsp3) is 0.714. The third-order valence-corrected chi connectivity index (χ3v) is 4.08. The Morgan fingerprint density at radius 2 is 1.97 bits per heavy atom. The first-order valence-corrected chi connectivity index (χ1v) is 10.4. The number of guanidine groups is 1. The van der Waals surface area contributed by atoms with Gasteiger partial charge >= 0.3 is 6.09 Å². The highest BCUT2D eigenvalue weighted by Crippen LogP contribution is 2.21. The molecule has 0 aliphatic heterocycles. The van der Waals surface area contributed by atoms with Gasteiger partial charge in [0.1, 0.15) is 17.0 Å². The minimum Gasteiger partial charge on any atom is -0.466 e. The lowest BCUT2D eigenvalue weighted by atomic mass is 10.0. The minimum atomic E-state index is -1.21. The molecule has 2 atom stereocenters. The van der Waals surface area contributed by atoms with Gasteiger partial charge in [-0.3, -0.25) is 0 Å². The number of hydrogen-bond donors (Lipinski definition) is 4. The second-order valence-corrected chi connectivity index (χ2v) is 8.31. The lowest BCUT2D eigenvalue weighted by Gasteiger charge is -2.25. The van der Waals surface area contributed by atoms with Crippen molar-refractivity contribution in [2.75, 3.05) is 19.6 Å². The zero-order valence-corrected chi connectivity index (χ0v) is 21.4. The fourth-order valence-corrected chi connectivity index (χ4v) is 2.61. The van der Waals surface area contributed by atoms with E-state index in [-0.39, 0.29) is 36.6 Å². The molecule has 0 saturated heterocycles. The van der Waals surface area contributed by atoms with Crippen molar-refractivity contribution in [3.8, 4) is 0 Å². The summed E-state index contributed by atoms with van der Waals surface area (Å²) < 4.78 is 10.6. The SMILES string of the molecule is CCCCC(CNC(=O)OC(C)(C)C)NC(=NCC(C)(O)c1ccco1)NCC.I. The van der Waals surface area contributed by atoms with Crippen LogP contribution in [0.2, 0.25) is 0 Å². The number of amides is 1. The molecule has 8 nitrogen and oxygen atoms in total. The Bertz CT molecular complexity index is 627. The van der Waals surface area contributed by atoms with Gasteiger partial charge in [-0.2, -0.15) is 0 Å². The van der Waals surface area contributed by atoms with Crippen LogP contribution < -0.4 is 16.0 Å². The van der Waals surface area contributed by atoms with E-state index < -0.39 is 17.3 Å². The van der Waals surface area contributed by atoms with Crippen LogP contribution in [-0.4, -0.2) is 48.4 Å². The van der Waals surface area contributed by atoms with Crippen LogP contribution in [0.4, 0.5) is 4.79 Å². The summed E-state index contributed by atoms with van der Waals surface area (Å²) in [6.45, 7) is 12.5. The summed E-state index contributed by atoms with van der Waals surface area (Å²) >= 11 is 0. The monoisotopic (exact) mass is 538 g/mol. The van der Waals surface area contributed by atoms with E-state index in [9.17, 15) is 9.90 Å². The van der Waals surface area contributed by atoms with Crippen molar-refractivity contribution in [1.29, 1.82) is 0 Å². The predicted octanol–water partition coefficient (Wildman–Crippen LogP) is 3.74. The van der Waals surface area contributed by atoms with E-state index in [1.807, 2.05) is 27.7 Å². The highest BCUT2D eigenvalue weighted by atomic mass is 127. The van der Waals surface area contributed by atoms with Gasteiger partial charge in [-0.25, -0.2) is 9.79 Å². The molecular weight excluding hydrogens is 499 g/mol. The number of furan rings is 1. The van der Waals surface area contributed by atoms with E-state index in [1.165, 1.54) is 6.26 Å². The average Bonchev–Trinajstić information content (AvgIpc) is 3.16. The number of halogens is 1. The number of aliphatic hydroxyl groups is 1. The standard InChI is InChI=1S/C21H38N4O4.HI/c1-7-9-11-16(14-23-19(26)29-20(3,4)5)25-18(22-8-2)24-15-21(6,27)17-12-10-13-28-17;/h10,12-13,16,27H,7-9,11,14-15H2,1-6H3,(H,23,26)(H2,22,24,25);1H. The predicted molar refractivity (Wildman–Crippen MR) is 130 cm³/mol. The highest BCUT2D eigenvalue weighted by molar-refractivity contribution is 14.0. The van der Waals surface area contributed by atoms with Crippen LogP contribution in [0.25, 0.3) is 0 Å². The fourth-order valence-electron chi connectivity index (χ4n) is 2.61. The topological polar surface area (TPSA) is 108 Å². The maximum Gasteiger partial charge on any atom is 0.407 e. The van der Waals surface area contributed by atoms with Crippen molar-refractivity contribution < 1.29 is 19.1 Å². The molecule has 0 aromatic carbocycles. The molecule has 4 N–H and O–H groups in total. The van der Waals surface area contributed by atoms with Crippen LogP contribution in [0.15, 0.2) is 27.8 Å². The van der Waals surface area contributed by atoms with Gasteiger partial charge in [0.05, 0.1) is 12.8 Å². The van der Waals surface area contributed by atoms with Gasteiger partial charge in [0, 0.05) is 19.1 Å². The maximum absolute atomic E-state index is 12.0. The van der Waals surface area contributed by atoms with Crippen molar-refractivity contribution in [2.45, 2.75) is 78.0 Å². The van der Waals surface area contributed by atoms with Crippen molar-refractivity contribution in [2.24, 2.45) is 4.99 Å². The Labute approximate surface area is 197 Å². The Kier molecular flexibility index (Phi) is 13.1. The van der Waals surface area contributed by atoms with E-state index in [1.54, 1.807) is 19.1 Å². The van der Waals surface area contributed by atoms with Gasteiger partial charge in [0.2, 0.25) is 0 Å². The summed E-state index contributed by atoms with van der Waals surface area (Å²) in [5.41, 5.74) is -1.75. The molecule has 0 saturated carbocycles. The first-order valence-electron chi connectivity index (χ1n) is 10.4. The first kappa shape index (κ1) is 28.5. The summed E-state index contributed by atoms with van der Waals surface area (Å²) in [5.74, 6) is 1.04. The van der Waals surface area contributed by atoms with Crippen molar-refractivity contribution in [3.63, 3.8) is 0 Å². The van der Waals surface area contributed by atoms with Crippen LogP contribution in [0, 0.1) is 0 Å². The lowest BCUT2D eigenvalue weighted by molar-refractivity contribution is 0.0436. The van der Waals surface area contributed by atoms with Gasteiger partial charge in [-0.05, 0) is 53.2 Å². The molecule has 0 bridgehead atoms. The number of unbranched alkanes of at least 4 members (excludes halogenated alkanes) is 1. The molecule has 1 aromatic heterocycles. The van der Waals surface area contributed by atoms with Crippen LogP contribution in [0.3, 0.4) is 0 Å². The molecule has 1 heterocycles. The van der Waals surface area contributed by atoms with Crippen molar-refractivity contribution in [1.82, 2.24) is 16.0 Å². The lowest BCUT2D eigenvalue weighted by Crippen LogP contribution is -2.49. The maximum atomic E-state index is 12.0. The third-order valence-electron chi connectivity index (χ3n) is 4.08. The van der Waals surface area contributed by atoms with Gasteiger partial charge < -0.3 is 30.2 Å². The van der Waals surface area contributed by atoms with Crippen molar-refractivity contribution >= 4 is 36.0 Å². The van der Waals surface area contributed by atoms with Crippen LogP contribution in [-0.2, 0) is 10.3 Å². The Morgan fingerprint density at radius 3 is 2.50 bits per heavy atom. The van der Waals surface area contributed by atoms with Crippen LogP contribution in [0.5, 0.6) is 0 Å². The normalized spacial score (nSPS) is 14.8. The smallest absolute Gasteiger partial charge is 0.407 e. The first-order chi connectivity index (χ1) is 13.6. The number of rotatable bonds is 10. The molecule has 1 aromatic rings. The zero-order valence-electron chi connectivity index (χ0n) is 19.1. The largest absolute Gasteiger partial charge is 0.466 e. The third kappa shape index (κ3) is 11.6. The molecule has 0 fully saturated rings. The van der Waals surface area contributed by atoms with Crippen LogP contribution in [0.1, 0.15) is 66.6 Å². The molecule has 0 spiro atoms. The number of nitrogens with zero attached hydrogens (tertiary/aromatic N) is 1. The summed E-state index contributed by atoms with van der Waals surface area (Å²) in [6.07, 6.45) is 4.01. The van der Waals surface area contributed by atoms with E-state index in [4.69, 9.17) is 9.15 Å². The zero-order chi connectivity index (χ0) is 21.9. The van der Waals surface area contributed by atoms with E-state index in [0.717, 1.165) is 19.3 Å². The summed E-state index contributed by atoms with van der Waals surface area (Å²) in [7, 11) is 0. The number of nitrogens with one attached hydrogen (secondary N) is 3. The quantitative estimate of drug-likeness (QED) is 0.205. The number of aliphatic imine (C=N–C) groups is 1. The molecule has 30 heavy (non-hydrogen) atoms. The van der Waals surface area contributed by atoms with Crippen molar-refractivity contribution in [3.05, 3.63) is 24.2 Å². The molecule has 0 aliphatic rings. The average molecular weight is 538 g/mol. The van der Waals surface area contributed by atoms with Gasteiger partial charge in [-0.1, -0.05) is 19.8 Å². The van der Waals surface area contributed by atoms with E-state index in [2.05, 4.69) is 27.9 Å². The van der Waals surface area contributed by atoms with E-state index >= 15 is 0 Å². The molecule has 2 unspecified atom stereocenters. The minimum absolute atomic E-state index is 0. The molecule has 9 heteroatoms. The number of carbonyl (C=O) groups is 1. The molecule has 1 amide bonds. The molecular formula is C21H39IN4O4. The second-order valence-electron chi connectivity index (χ2n) is 8.31. The Morgan fingerprint density at radius 1 is 1.27 bits per heavy atom. The Balaban J connectivity index is 0.00000841. The van der Waals surface area contributed by atoms with Crippen LogP contribution >= 0.6 is 24.0 Å². The van der Waals surface area contributed by atoms with Gasteiger partial charge in [0.25, 0.3) is 0 Å². The Hall–Kier alpha value is -1.49. The number of ether oxygens (including phenoxy) is 1. The number of hydrogen-bond acceptors (Lipinski definition) is 5. The van der Waals surface area contributed by atoms with Gasteiger partial charge in [-0.15, -0.1) is 24.0 Å². The highest BCUT2D eigenvalue weighted by Gasteiger charge is 2.26.